The van der Waals surface area contributed by atoms with Gasteiger partial charge in [-0.3, -0.25) is 0 Å². The van der Waals surface area contributed by atoms with Gasteiger partial charge in [-0.2, -0.15) is 4.98 Å². The molecule has 1 aliphatic heterocycles. The predicted molar refractivity (Wildman–Crippen MR) is 122 cm³/mol. The molecule has 5 nitrogen and oxygen atoms in total. The minimum atomic E-state index is -3.89. The zero-order valence-electron chi connectivity index (χ0n) is 16.1. The third-order valence-electron chi connectivity index (χ3n) is 5.19. The van der Waals surface area contributed by atoms with Gasteiger partial charge in [0.25, 0.3) is 0 Å². The van der Waals surface area contributed by atoms with Gasteiger partial charge in [0.2, 0.25) is 26.6 Å². The Morgan fingerprint density at radius 2 is 1.77 bits per heavy atom. The summed E-state index contributed by atoms with van der Waals surface area (Å²) in [7, 11) is -3.89. The van der Waals surface area contributed by atoms with Gasteiger partial charge in [0, 0.05) is 22.6 Å². The van der Waals surface area contributed by atoms with Crippen LogP contribution in [-0.2, 0) is 9.84 Å². The third-order valence-corrected chi connectivity index (χ3v) is 7.93. The van der Waals surface area contributed by atoms with Gasteiger partial charge < -0.3 is 9.32 Å². The molecular weight excluding hydrogens is 511 g/mol. The molecule has 30 heavy (non-hydrogen) atoms. The molecule has 0 unspecified atom stereocenters. The highest BCUT2D eigenvalue weighted by Gasteiger charge is 2.33. The van der Waals surface area contributed by atoms with Crippen LogP contribution in [0.3, 0.4) is 0 Å². The van der Waals surface area contributed by atoms with Crippen molar-refractivity contribution in [2.45, 2.75) is 29.7 Å². The average Bonchev–Trinajstić information content (AvgIpc) is 3.15. The Morgan fingerprint density at radius 1 is 1.10 bits per heavy atom. The zero-order chi connectivity index (χ0) is 21.5. The van der Waals surface area contributed by atoms with Crippen molar-refractivity contribution in [2.75, 3.05) is 18.0 Å². The van der Waals surface area contributed by atoms with E-state index in [1.54, 1.807) is 42.5 Å². The lowest BCUT2D eigenvalue weighted by Gasteiger charge is -2.30. The van der Waals surface area contributed by atoms with Crippen molar-refractivity contribution in [2.24, 2.45) is 5.92 Å². The number of benzene rings is 2. The lowest BCUT2D eigenvalue weighted by molar-refractivity contribution is 0.416. The molecular formula is C21H19BrCl2N2O3S. The fourth-order valence-electron chi connectivity index (χ4n) is 3.39. The average molecular weight is 530 g/mol. The van der Waals surface area contributed by atoms with Crippen LogP contribution < -0.4 is 4.90 Å². The van der Waals surface area contributed by atoms with Crippen LogP contribution in [-0.4, -0.2) is 26.5 Å². The summed E-state index contributed by atoms with van der Waals surface area (Å²) in [5.74, 6) is 0.993. The van der Waals surface area contributed by atoms with Crippen LogP contribution in [0, 0.1) is 5.92 Å². The summed E-state index contributed by atoms with van der Waals surface area (Å²) >= 11 is 15.7. The molecule has 158 valence electrons. The minimum absolute atomic E-state index is 0.0969. The second-order valence-corrected chi connectivity index (χ2v) is 11.0. The monoisotopic (exact) mass is 528 g/mol. The first-order chi connectivity index (χ1) is 14.3. The van der Waals surface area contributed by atoms with Gasteiger partial charge in [0.15, 0.2) is 0 Å². The molecule has 2 aromatic carbocycles. The van der Waals surface area contributed by atoms with Crippen LogP contribution >= 0.6 is 39.1 Å². The highest BCUT2D eigenvalue weighted by molar-refractivity contribution is 9.10. The summed E-state index contributed by atoms with van der Waals surface area (Å²) in [6.07, 6.45) is 1.91. The van der Waals surface area contributed by atoms with Crippen molar-refractivity contribution < 1.29 is 12.8 Å². The number of piperidine rings is 1. The minimum Gasteiger partial charge on any atom is -0.419 e. The van der Waals surface area contributed by atoms with E-state index in [9.17, 15) is 8.42 Å². The number of hydrogen-bond donors (Lipinski definition) is 0. The largest absolute Gasteiger partial charge is 0.419 e. The normalized spacial score (nSPS) is 15.5. The molecule has 1 aromatic heterocycles. The molecule has 2 heterocycles. The van der Waals surface area contributed by atoms with Gasteiger partial charge in [0.05, 0.1) is 15.5 Å². The van der Waals surface area contributed by atoms with Crippen LogP contribution in [0.4, 0.5) is 5.88 Å². The van der Waals surface area contributed by atoms with E-state index in [-0.39, 0.29) is 21.7 Å². The van der Waals surface area contributed by atoms with Gasteiger partial charge in [-0.15, -0.1) is 0 Å². The number of oxazole rings is 1. The number of anilines is 1. The molecule has 0 radical (unpaired) electrons. The summed E-state index contributed by atoms with van der Waals surface area (Å²) in [6, 6.07) is 11.4. The smallest absolute Gasteiger partial charge is 0.236 e. The number of halogens is 3. The lowest BCUT2D eigenvalue weighted by Crippen LogP contribution is -2.33. The van der Waals surface area contributed by atoms with E-state index in [1.165, 1.54) is 0 Å². The highest BCUT2D eigenvalue weighted by atomic mass is 79.9. The number of rotatable bonds is 4. The number of nitrogens with zero attached hydrogens (tertiary/aromatic N) is 2. The Balaban J connectivity index is 1.85. The molecule has 0 amide bonds. The topological polar surface area (TPSA) is 63.4 Å². The van der Waals surface area contributed by atoms with E-state index in [4.69, 9.17) is 27.6 Å². The fourth-order valence-corrected chi connectivity index (χ4v) is 5.46. The quantitative estimate of drug-likeness (QED) is 0.387. The first-order valence-electron chi connectivity index (χ1n) is 9.47. The Labute approximate surface area is 194 Å². The number of aromatic nitrogens is 1. The van der Waals surface area contributed by atoms with E-state index < -0.39 is 9.84 Å². The van der Waals surface area contributed by atoms with Crippen molar-refractivity contribution in [1.82, 2.24) is 4.98 Å². The molecule has 1 saturated heterocycles. The number of sulfone groups is 1. The fraction of sp³-hybridized carbons (Fsp3) is 0.286. The zero-order valence-corrected chi connectivity index (χ0v) is 20.0. The molecule has 0 bridgehead atoms. The van der Waals surface area contributed by atoms with Gasteiger partial charge in [-0.25, -0.2) is 8.42 Å². The molecule has 0 spiro atoms. The summed E-state index contributed by atoms with van der Waals surface area (Å²) < 4.78 is 33.7. The van der Waals surface area contributed by atoms with Crippen LogP contribution in [0.1, 0.15) is 19.8 Å². The summed E-state index contributed by atoms with van der Waals surface area (Å²) in [6.45, 7) is 3.59. The molecule has 0 N–H and O–H groups in total. The Bertz CT molecular complexity index is 1170. The molecule has 4 rings (SSSR count). The van der Waals surface area contributed by atoms with Gasteiger partial charge in [-0.1, -0.05) is 46.1 Å². The molecule has 0 atom stereocenters. The third kappa shape index (κ3) is 4.26. The van der Waals surface area contributed by atoms with Gasteiger partial charge in [0.1, 0.15) is 0 Å². The van der Waals surface area contributed by atoms with Crippen molar-refractivity contribution in [3.8, 4) is 11.5 Å². The van der Waals surface area contributed by atoms with Gasteiger partial charge >= 0.3 is 0 Å². The maximum Gasteiger partial charge on any atom is 0.236 e. The summed E-state index contributed by atoms with van der Waals surface area (Å²) in [5, 5.41) is 0.721. The van der Waals surface area contributed by atoms with Crippen LogP contribution in [0.15, 0.2) is 61.3 Å². The molecule has 1 aliphatic rings. The number of hydrogen-bond acceptors (Lipinski definition) is 5. The van der Waals surface area contributed by atoms with Crippen molar-refractivity contribution in [1.29, 1.82) is 0 Å². The summed E-state index contributed by atoms with van der Waals surface area (Å²) in [5.41, 5.74) is 0.491. The second kappa shape index (κ2) is 8.54. The van der Waals surface area contributed by atoms with E-state index in [1.807, 2.05) is 4.90 Å². The van der Waals surface area contributed by atoms with Gasteiger partial charge in [-0.05, 0) is 61.2 Å². The predicted octanol–water partition coefficient (Wildman–Crippen LogP) is 6.48. The molecule has 0 saturated carbocycles. The molecule has 1 fully saturated rings. The molecule has 0 aliphatic carbocycles. The van der Waals surface area contributed by atoms with E-state index in [0.29, 0.717) is 34.6 Å². The Kier molecular flexibility index (Phi) is 6.17. The lowest BCUT2D eigenvalue weighted by atomic mass is 9.99. The maximum atomic E-state index is 13.4. The van der Waals surface area contributed by atoms with Crippen LogP contribution in [0.25, 0.3) is 11.5 Å². The maximum absolute atomic E-state index is 13.4. The molecule has 9 heteroatoms. The first-order valence-corrected chi connectivity index (χ1v) is 12.5. The van der Waals surface area contributed by atoms with E-state index >= 15 is 0 Å². The highest BCUT2D eigenvalue weighted by Crippen LogP contribution is 2.38. The first kappa shape index (κ1) is 21.7. The van der Waals surface area contributed by atoms with E-state index in [0.717, 1.165) is 17.3 Å². The SMILES string of the molecule is CC1CCN(c2oc(-c3ccc(Cl)cc3Cl)nc2S(=O)(=O)c2ccc(Br)cc2)CC1. The Hall–Kier alpha value is -1.54. The van der Waals surface area contributed by atoms with Crippen LogP contribution in [0.2, 0.25) is 10.0 Å². The Morgan fingerprint density at radius 3 is 2.40 bits per heavy atom. The standard InChI is InChI=1S/C21H19BrCl2N2O3S/c1-13-8-10-26(11-9-13)21-20(30(27,28)16-5-2-14(22)3-6-16)25-19(29-21)17-7-4-15(23)12-18(17)24/h2-7,12-13H,8-11H2,1H3. The van der Waals surface area contributed by atoms with Crippen LogP contribution in [0.5, 0.6) is 0 Å². The van der Waals surface area contributed by atoms with Crippen molar-refractivity contribution in [3.63, 3.8) is 0 Å². The molecule has 3 aromatic rings. The second-order valence-electron chi connectivity index (χ2n) is 7.38. The van der Waals surface area contributed by atoms with Crippen molar-refractivity contribution >= 4 is 54.9 Å². The van der Waals surface area contributed by atoms with E-state index in [2.05, 4.69) is 27.8 Å². The van der Waals surface area contributed by atoms with Crippen molar-refractivity contribution in [3.05, 3.63) is 57.0 Å². The summed E-state index contributed by atoms with van der Waals surface area (Å²) in [4.78, 5) is 6.50.